The summed E-state index contributed by atoms with van der Waals surface area (Å²) in [5, 5.41) is 9.10. The number of allylic oxidation sites excluding steroid dienone is 2. The quantitative estimate of drug-likeness (QED) is 0.783. The molecule has 3 rings (SSSR count). The van der Waals surface area contributed by atoms with Gasteiger partial charge in [-0.3, -0.25) is 14.4 Å². The van der Waals surface area contributed by atoms with E-state index in [1.807, 2.05) is 0 Å². The molecule has 4 atom stereocenters. The zero-order chi connectivity index (χ0) is 16.6. The van der Waals surface area contributed by atoms with E-state index in [1.165, 1.54) is 4.90 Å². The van der Waals surface area contributed by atoms with Crippen molar-refractivity contribution in [3.8, 4) is 0 Å². The van der Waals surface area contributed by atoms with Gasteiger partial charge in [0.1, 0.15) is 0 Å². The van der Waals surface area contributed by atoms with Crippen LogP contribution in [0.25, 0.3) is 0 Å². The lowest BCUT2D eigenvalue weighted by molar-refractivity contribution is -0.148. The van der Waals surface area contributed by atoms with Gasteiger partial charge < -0.3 is 14.9 Å². The molecule has 0 aromatic carbocycles. The monoisotopic (exact) mass is 320 g/mol. The van der Waals surface area contributed by atoms with Crippen molar-refractivity contribution in [3.05, 3.63) is 12.2 Å². The maximum absolute atomic E-state index is 12.6. The average molecular weight is 320 g/mol. The van der Waals surface area contributed by atoms with E-state index in [1.54, 1.807) is 11.9 Å². The number of carboxylic acid groups (broad SMARTS) is 1. The maximum Gasteiger partial charge on any atom is 0.308 e. The van der Waals surface area contributed by atoms with Gasteiger partial charge in [0.2, 0.25) is 11.8 Å². The fraction of sp³-hybridized carbons (Fsp3) is 0.706. The summed E-state index contributed by atoms with van der Waals surface area (Å²) in [6.45, 7) is 0.886. The topological polar surface area (TPSA) is 77.9 Å². The number of fused-ring (bicyclic) bond motifs is 2. The van der Waals surface area contributed by atoms with Crippen LogP contribution in [0.2, 0.25) is 0 Å². The number of carbonyl (C=O) groups is 3. The van der Waals surface area contributed by atoms with Gasteiger partial charge in [0.15, 0.2) is 0 Å². The van der Waals surface area contributed by atoms with Crippen molar-refractivity contribution in [2.75, 3.05) is 26.7 Å². The first kappa shape index (κ1) is 16.0. The zero-order valence-corrected chi connectivity index (χ0v) is 13.5. The van der Waals surface area contributed by atoms with Crippen LogP contribution in [-0.4, -0.2) is 59.4 Å². The van der Waals surface area contributed by atoms with Gasteiger partial charge in [-0.25, -0.2) is 0 Å². The molecule has 0 radical (unpaired) electrons. The Balaban J connectivity index is 1.54. The van der Waals surface area contributed by atoms with Gasteiger partial charge in [0, 0.05) is 26.1 Å². The van der Waals surface area contributed by atoms with Crippen LogP contribution in [0.5, 0.6) is 0 Å². The van der Waals surface area contributed by atoms with Crippen molar-refractivity contribution in [1.82, 2.24) is 9.80 Å². The minimum Gasteiger partial charge on any atom is -0.481 e. The van der Waals surface area contributed by atoms with Gasteiger partial charge in [-0.1, -0.05) is 12.2 Å². The lowest BCUT2D eigenvalue weighted by Crippen LogP contribution is -2.48. The molecule has 1 aliphatic heterocycles. The van der Waals surface area contributed by atoms with Gasteiger partial charge in [-0.05, 0) is 37.5 Å². The summed E-state index contributed by atoms with van der Waals surface area (Å²) < 4.78 is 0. The Morgan fingerprint density at radius 2 is 2.04 bits per heavy atom. The number of hydrogen-bond acceptors (Lipinski definition) is 3. The van der Waals surface area contributed by atoms with Gasteiger partial charge in [0.05, 0.1) is 12.5 Å². The van der Waals surface area contributed by atoms with E-state index in [2.05, 4.69) is 12.2 Å². The first-order valence-electron chi connectivity index (χ1n) is 8.39. The van der Waals surface area contributed by atoms with E-state index in [9.17, 15) is 14.4 Å². The number of amides is 2. The largest absolute Gasteiger partial charge is 0.481 e. The van der Waals surface area contributed by atoms with Gasteiger partial charge in [0.25, 0.3) is 0 Å². The Kier molecular flexibility index (Phi) is 4.41. The summed E-state index contributed by atoms with van der Waals surface area (Å²) >= 11 is 0. The minimum atomic E-state index is -0.847. The van der Waals surface area contributed by atoms with Crippen LogP contribution in [0.15, 0.2) is 12.2 Å². The second kappa shape index (κ2) is 6.34. The van der Waals surface area contributed by atoms with E-state index in [0.717, 1.165) is 12.8 Å². The lowest BCUT2D eigenvalue weighted by Gasteiger charge is -2.32. The van der Waals surface area contributed by atoms with E-state index in [4.69, 9.17) is 5.11 Å². The molecule has 4 unspecified atom stereocenters. The number of likely N-dealkylation sites (N-methyl/N-ethyl adjacent to an activating group) is 1. The first-order chi connectivity index (χ1) is 11.0. The molecule has 1 N–H and O–H groups in total. The molecular formula is C17H24N2O4. The van der Waals surface area contributed by atoms with E-state index < -0.39 is 11.9 Å². The highest BCUT2D eigenvalue weighted by Crippen LogP contribution is 2.44. The third kappa shape index (κ3) is 3.26. The molecular weight excluding hydrogens is 296 g/mol. The number of nitrogens with zero attached hydrogens (tertiary/aromatic N) is 2. The summed E-state index contributed by atoms with van der Waals surface area (Å²) in [7, 11) is 1.68. The van der Waals surface area contributed by atoms with Crippen molar-refractivity contribution < 1.29 is 19.5 Å². The van der Waals surface area contributed by atoms with Crippen LogP contribution in [0.3, 0.4) is 0 Å². The number of rotatable bonds is 4. The number of carboxylic acids is 1. The van der Waals surface area contributed by atoms with Crippen LogP contribution in [-0.2, 0) is 14.4 Å². The van der Waals surface area contributed by atoms with Crippen molar-refractivity contribution in [3.63, 3.8) is 0 Å². The summed E-state index contributed by atoms with van der Waals surface area (Å²) in [4.78, 5) is 39.1. The predicted octanol–water partition coefficient (Wildman–Crippen LogP) is 0.980. The normalized spacial score (nSPS) is 32.1. The third-order valence-corrected chi connectivity index (χ3v) is 5.47. The lowest BCUT2D eigenvalue weighted by atomic mass is 9.92. The fourth-order valence-electron chi connectivity index (χ4n) is 4.13. The smallest absolute Gasteiger partial charge is 0.308 e. The molecule has 23 heavy (non-hydrogen) atoms. The highest BCUT2D eigenvalue weighted by Gasteiger charge is 2.41. The molecule has 6 nitrogen and oxygen atoms in total. The number of aliphatic carboxylic acids is 1. The Hall–Kier alpha value is -1.85. The molecule has 2 fully saturated rings. The van der Waals surface area contributed by atoms with Crippen molar-refractivity contribution >= 4 is 17.8 Å². The molecule has 6 heteroatoms. The SMILES string of the molecule is CN(CC(=O)N1CCCC(C(=O)O)C1)C(=O)C1CC2C=CC1C2. The standard InChI is InChI=1S/C17H24N2O4/c1-18(16(21)14-8-11-4-5-12(14)7-11)10-15(20)19-6-2-3-13(9-19)17(22)23/h4-5,11-14H,2-3,6-10H2,1H3,(H,22,23). The molecule has 1 heterocycles. The van der Waals surface area contributed by atoms with E-state index >= 15 is 0 Å². The molecule has 2 amide bonds. The Morgan fingerprint density at radius 1 is 1.26 bits per heavy atom. The second-order valence-corrected chi connectivity index (χ2v) is 7.10. The summed E-state index contributed by atoms with van der Waals surface area (Å²) in [6, 6.07) is 0. The number of carbonyl (C=O) groups excluding carboxylic acids is 2. The minimum absolute atomic E-state index is 0.0101. The van der Waals surface area contributed by atoms with Crippen LogP contribution < -0.4 is 0 Å². The molecule has 126 valence electrons. The van der Waals surface area contributed by atoms with Crippen LogP contribution in [0.4, 0.5) is 0 Å². The zero-order valence-electron chi connectivity index (χ0n) is 13.5. The van der Waals surface area contributed by atoms with Crippen LogP contribution in [0, 0.1) is 23.7 Å². The molecule has 0 aromatic heterocycles. The highest BCUT2D eigenvalue weighted by molar-refractivity contribution is 5.86. The third-order valence-electron chi connectivity index (χ3n) is 5.47. The predicted molar refractivity (Wildman–Crippen MR) is 83.4 cm³/mol. The van der Waals surface area contributed by atoms with Crippen LogP contribution >= 0.6 is 0 Å². The number of hydrogen-bond donors (Lipinski definition) is 1. The summed E-state index contributed by atoms with van der Waals surface area (Å²) in [5.74, 6) is -0.568. The van der Waals surface area contributed by atoms with Gasteiger partial charge in [-0.15, -0.1) is 0 Å². The number of likely N-dealkylation sites (tertiary alicyclic amines) is 1. The molecule has 0 aromatic rings. The number of piperidine rings is 1. The molecule has 0 spiro atoms. The molecule has 1 saturated heterocycles. The Bertz CT molecular complexity index is 545. The van der Waals surface area contributed by atoms with Crippen LogP contribution in [0.1, 0.15) is 25.7 Å². The first-order valence-corrected chi connectivity index (χ1v) is 8.39. The van der Waals surface area contributed by atoms with Crippen molar-refractivity contribution in [2.24, 2.45) is 23.7 Å². The van der Waals surface area contributed by atoms with E-state index in [-0.39, 0.29) is 30.8 Å². The van der Waals surface area contributed by atoms with E-state index in [0.29, 0.717) is 31.2 Å². The second-order valence-electron chi connectivity index (χ2n) is 7.10. The Morgan fingerprint density at radius 3 is 2.65 bits per heavy atom. The summed E-state index contributed by atoms with van der Waals surface area (Å²) in [5.41, 5.74) is 0. The van der Waals surface area contributed by atoms with Crippen molar-refractivity contribution in [1.29, 1.82) is 0 Å². The van der Waals surface area contributed by atoms with Gasteiger partial charge in [-0.2, -0.15) is 0 Å². The van der Waals surface area contributed by atoms with Gasteiger partial charge >= 0.3 is 5.97 Å². The molecule has 2 aliphatic carbocycles. The average Bonchev–Trinajstić information content (AvgIpc) is 3.17. The Labute approximate surface area is 136 Å². The molecule has 3 aliphatic rings. The fourth-order valence-corrected chi connectivity index (χ4v) is 4.13. The van der Waals surface area contributed by atoms with Crippen molar-refractivity contribution in [2.45, 2.75) is 25.7 Å². The highest BCUT2D eigenvalue weighted by atomic mass is 16.4. The molecule has 2 bridgehead atoms. The maximum atomic E-state index is 12.6. The molecule has 1 saturated carbocycles. The summed E-state index contributed by atoms with van der Waals surface area (Å²) in [6.07, 6.45) is 7.60.